The first kappa shape index (κ1) is 24.4. The molecule has 186 valence electrons. The quantitative estimate of drug-likeness (QED) is 0.373. The third kappa shape index (κ3) is 4.73. The fraction of sp³-hybridized carbons (Fsp3) is 0.240. The van der Waals surface area contributed by atoms with Crippen molar-refractivity contribution in [1.29, 1.82) is 0 Å². The van der Waals surface area contributed by atoms with E-state index < -0.39 is 15.7 Å². The summed E-state index contributed by atoms with van der Waals surface area (Å²) >= 11 is 2.95. The number of anilines is 1. The Bertz CT molecular complexity index is 1560. The molecule has 1 aliphatic rings. The molecular weight excluding hydrogens is 518 g/mol. The molecule has 3 heterocycles. The van der Waals surface area contributed by atoms with E-state index in [4.69, 9.17) is 9.72 Å². The molecule has 0 bridgehead atoms. The van der Waals surface area contributed by atoms with E-state index in [1.165, 1.54) is 23.5 Å². The lowest BCUT2D eigenvalue weighted by Gasteiger charge is -2.26. The van der Waals surface area contributed by atoms with Crippen LogP contribution in [0.3, 0.4) is 0 Å². The number of fused-ring (bicyclic) bond motifs is 2. The van der Waals surface area contributed by atoms with Gasteiger partial charge >= 0.3 is 6.09 Å². The molecule has 0 spiro atoms. The van der Waals surface area contributed by atoms with Gasteiger partial charge in [-0.3, -0.25) is 4.79 Å². The Labute approximate surface area is 216 Å². The van der Waals surface area contributed by atoms with Crippen molar-refractivity contribution >= 4 is 59.7 Å². The molecule has 2 aromatic heterocycles. The largest absolute Gasteiger partial charge is 0.450 e. The predicted molar refractivity (Wildman–Crippen MR) is 142 cm³/mol. The van der Waals surface area contributed by atoms with Crippen LogP contribution >= 0.6 is 22.7 Å². The highest BCUT2D eigenvalue weighted by molar-refractivity contribution is 7.90. The molecule has 0 radical (unpaired) electrons. The van der Waals surface area contributed by atoms with E-state index in [2.05, 4.69) is 5.32 Å². The number of hydrogen-bond donors (Lipinski definition) is 1. The van der Waals surface area contributed by atoms with Gasteiger partial charge in [-0.2, -0.15) is 0 Å². The van der Waals surface area contributed by atoms with Crippen molar-refractivity contribution < 1.29 is 22.7 Å². The first-order chi connectivity index (χ1) is 17.2. The maximum Gasteiger partial charge on any atom is 0.410 e. The van der Waals surface area contributed by atoms with Gasteiger partial charge in [0.05, 0.1) is 28.3 Å². The number of aromatic nitrogens is 1. The molecule has 5 rings (SSSR count). The van der Waals surface area contributed by atoms with E-state index in [1.54, 1.807) is 35.3 Å². The highest BCUT2D eigenvalue weighted by Crippen LogP contribution is 2.46. The molecule has 36 heavy (non-hydrogen) atoms. The topological polar surface area (TPSA) is 106 Å². The molecule has 0 saturated carbocycles. The highest BCUT2D eigenvalue weighted by Gasteiger charge is 2.30. The molecule has 2 amide bonds. The van der Waals surface area contributed by atoms with Gasteiger partial charge in [-0.1, -0.05) is 18.2 Å². The van der Waals surface area contributed by atoms with Crippen LogP contribution in [-0.2, 0) is 27.5 Å². The van der Waals surface area contributed by atoms with E-state index in [9.17, 15) is 18.0 Å². The lowest BCUT2D eigenvalue weighted by molar-refractivity contribution is 0.102. The zero-order valence-electron chi connectivity index (χ0n) is 19.6. The third-order valence-electron chi connectivity index (χ3n) is 5.84. The van der Waals surface area contributed by atoms with Crippen LogP contribution < -0.4 is 5.32 Å². The number of sulfone groups is 1. The fourth-order valence-electron chi connectivity index (χ4n) is 4.11. The van der Waals surface area contributed by atoms with Gasteiger partial charge in [-0.15, -0.1) is 22.7 Å². The number of para-hydroxylation sites is 1. The average Bonchev–Trinajstić information content (AvgIpc) is 3.43. The van der Waals surface area contributed by atoms with Gasteiger partial charge in [0.2, 0.25) is 0 Å². The molecule has 8 nitrogen and oxygen atoms in total. The van der Waals surface area contributed by atoms with Crippen LogP contribution in [0.4, 0.5) is 9.80 Å². The van der Waals surface area contributed by atoms with Crippen molar-refractivity contribution in [2.45, 2.75) is 24.8 Å². The van der Waals surface area contributed by atoms with Crippen molar-refractivity contribution in [3.05, 3.63) is 64.5 Å². The van der Waals surface area contributed by atoms with Crippen molar-refractivity contribution in [2.24, 2.45) is 0 Å². The van der Waals surface area contributed by atoms with Crippen LogP contribution in [-0.4, -0.2) is 49.7 Å². The summed E-state index contributed by atoms with van der Waals surface area (Å²) in [5.41, 5.74) is 3.03. The number of ether oxygens (including phenoxy) is 1. The Morgan fingerprint density at radius 1 is 1.14 bits per heavy atom. The molecule has 0 unspecified atom stereocenters. The number of benzene rings is 2. The fourth-order valence-corrected chi connectivity index (χ4v) is 7.15. The zero-order chi connectivity index (χ0) is 25.4. The predicted octanol–water partition coefficient (Wildman–Crippen LogP) is 5.20. The second-order valence-electron chi connectivity index (χ2n) is 8.32. The first-order valence-corrected chi connectivity index (χ1v) is 14.8. The van der Waals surface area contributed by atoms with Crippen LogP contribution in [0.25, 0.3) is 20.8 Å². The highest BCUT2D eigenvalue weighted by atomic mass is 32.2. The van der Waals surface area contributed by atoms with Crippen LogP contribution in [0.15, 0.2) is 53.4 Å². The van der Waals surface area contributed by atoms with Crippen LogP contribution in [0.5, 0.6) is 0 Å². The van der Waals surface area contributed by atoms with Gasteiger partial charge in [0.15, 0.2) is 9.84 Å². The van der Waals surface area contributed by atoms with Crippen LogP contribution in [0, 0.1) is 0 Å². The summed E-state index contributed by atoms with van der Waals surface area (Å²) in [7, 11) is -3.45. The summed E-state index contributed by atoms with van der Waals surface area (Å²) in [6.45, 7) is 2.97. The zero-order valence-corrected chi connectivity index (χ0v) is 22.1. The molecular formula is C25H23N3O5S3. The smallest absolute Gasteiger partial charge is 0.410 e. The van der Waals surface area contributed by atoms with Crippen LogP contribution in [0.2, 0.25) is 0 Å². The number of amides is 2. The van der Waals surface area contributed by atoms with Gasteiger partial charge in [0.1, 0.15) is 10.0 Å². The van der Waals surface area contributed by atoms with Gasteiger partial charge in [-0.25, -0.2) is 18.2 Å². The number of carbonyl (C=O) groups is 2. The van der Waals surface area contributed by atoms with Crippen molar-refractivity contribution in [1.82, 2.24) is 9.88 Å². The molecule has 1 aliphatic heterocycles. The molecule has 0 saturated heterocycles. The van der Waals surface area contributed by atoms with E-state index in [0.717, 1.165) is 37.5 Å². The van der Waals surface area contributed by atoms with E-state index >= 15 is 0 Å². The average molecular weight is 542 g/mol. The van der Waals surface area contributed by atoms with E-state index in [-0.39, 0.29) is 16.6 Å². The standard InChI is InChI=1S/C25H23N3O5S3/c1-3-33-25(30)28-12-11-17-20(14-28)35-24(21(17)23-26-18-9-4-5-10-19(18)34-23)27-22(29)15-7-6-8-16(13-15)36(2,31)32/h4-10,13H,3,11-12,14H2,1-2H3,(H,27,29). The van der Waals surface area contributed by atoms with Gasteiger partial charge in [0.25, 0.3) is 5.91 Å². The Hall–Kier alpha value is -3.28. The minimum Gasteiger partial charge on any atom is -0.450 e. The summed E-state index contributed by atoms with van der Waals surface area (Å²) in [5.74, 6) is -0.413. The summed E-state index contributed by atoms with van der Waals surface area (Å²) < 4.78 is 30.2. The monoisotopic (exact) mass is 541 g/mol. The minimum atomic E-state index is -3.45. The Kier molecular flexibility index (Phi) is 6.54. The molecule has 1 N–H and O–H groups in total. The minimum absolute atomic E-state index is 0.0806. The van der Waals surface area contributed by atoms with Gasteiger partial charge in [-0.05, 0) is 49.2 Å². The number of thiophene rings is 1. The summed E-state index contributed by atoms with van der Waals surface area (Å²) in [4.78, 5) is 33.1. The molecule has 11 heteroatoms. The number of hydrogen-bond acceptors (Lipinski definition) is 8. The second kappa shape index (κ2) is 9.64. The van der Waals surface area contributed by atoms with Crippen LogP contribution in [0.1, 0.15) is 27.7 Å². The van der Waals surface area contributed by atoms with Gasteiger partial charge in [0, 0.05) is 28.8 Å². The lowest BCUT2D eigenvalue weighted by Crippen LogP contribution is -2.35. The Balaban J connectivity index is 1.55. The number of rotatable bonds is 5. The molecule has 0 aliphatic carbocycles. The normalized spacial score (nSPS) is 13.4. The summed E-state index contributed by atoms with van der Waals surface area (Å²) in [5, 5.41) is 4.41. The molecule has 4 aromatic rings. The number of nitrogens with zero attached hydrogens (tertiary/aromatic N) is 2. The molecule has 0 fully saturated rings. The van der Waals surface area contributed by atoms with Crippen molar-refractivity contribution in [3.63, 3.8) is 0 Å². The Morgan fingerprint density at radius 2 is 1.94 bits per heavy atom. The summed E-state index contributed by atoms with van der Waals surface area (Å²) in [6.07, 6.45) is 1.36. The molecule has 2 aromatic carbocycles. The number of carbonyl (C=O) groups excluding carboxylic acids is 2. The molecule has 0 atom stereocenters. The first-order valence-electron chi connectivity index (χ1n) is 11.3. The van der Waals surface area contributed by atoms with Crippen molar-refractivity contribution in [3.8, 4) is 10.6 Å². The summed E-state index contributed by atoms with van der Waals surface area (Å²) in [6, 6.07) is 13.8. The third-order valence-corrected chi connectivity index (χ3v) is 9.14. The number of nitrogens with one attached hydrogen (secondary N) is 1. The van der Waals surface area contributed by atoms with Crippen molar-refractivity contribution in [2.75, 3.05) is 24.7 Å². The number of thiazole rings is 1. The maximum absolute atomic E-state index is 13.2. The van der Waals surface area contributed by atoms with E-state index in [1.807, 2.05) is 24.3 Å². The maximum atomic E-state index is 13.2. The van der Waals surface area contributed by atoms with E-state index in [0.29, 0.717) is 31.1 Å². The Morgan fingerprint density at radius 3 is 2.69 bits per heavy atom. The second-order valence-corrected chi connectivity index (χ2v) is 12.5. The van der Waals surface area contributed by atoms with Gasteiger partial charge < -0.3 is 15.0 Å². The SMILES string of the molecule is CCOC(=O)N1CCc2c(sc(NC(=O)c3cccc(S(C)(=O)=O)c3)c2-c2nc3ccccc3s2)C1. The lowest BCUT2D eigenvalue weighted by atomic mass is 10.0.